The molecule has 1 aromatic carbocycles. The molecule has 3 nitrogen and oxygen atoms in total. The monoisotopic (exact) mass is 295 g/mol. The van der Waals surface area contributed by atoms with E-state index in [1.165, 1.54) is 27.1 Å². The average Bonchev–Trinajstić information content (AvgIpc) is 2.80. The molecule has 0 radical (unpaired) electrons. The van der Waals surface area contributed by atoms with E-state index < -0.39 is 0 Å². The van der Waals surface area contributed by atoms with Crippen molar-refractivity contribution in [3.63, 3.8) is 0 Å². The minimum Gasteiger partial charge on any atom is -0.375 e. The summed E-state index contributed by atoms with van der Waals surface area (Å²) >= 11 is 1.57. The van der Waals surface area contributed by atoms with Crippen LogP contribution in [0.4, 0.5) is 5.13 Å². The van der Waals surface area contributed by atoms with E-state index in [-0.39, 0.29) is 0 Å². The summed E-state index contributed by atoms with van der Waals surface area (Å²) in [6.07, 6.45) is 4.47. The lowest BCUT2D eigenvalue weighted by molar-refractivity contribution is 1.18. The Labute approximate surface area is 128 Å². The predicted octanol–water partition coefficient (Wildman–Crippen LogP) is 3.99. The minimum absolute atomic E-state index is 0.622. The molecule has 0 atom stereocenters. The fraction of sp³-hybridized carbons (Fsp3) is 0.176. The standard InChI is InChI=1S/C17H17N3S/c1-11-4-3-5-12(2)15(11)16-14(21-17(18)20-16)10-13-6-8-19-9-7-13/h3-9H,10H2,1-2H3,(H2,18,20). The number of aromatic nitrogens is 2. The van der Waals surface area contributed by atoms with E-state index in [4.69, 9.17) is 5.73 Å². The third-order valence-electron chi connectivity index (χ3n) is 3.55. The second kappa shape index (κ2) is 5.66. The number of anilines is 1. The van der Waals surface area contributed by atoms with E-state index >= 15 is 0 Å². The van der Waals surface area contributed by atoms with Gasteiger partial charge in [-0.15, -0.1) is 11.3 Å². The lowest BCUT2D eigenvalue weighted by Gasteiger charge is -2.09. The van der Waals surface area contributed by atoms with Crippen molar-refractivity contribution in [3.05, 3.63) is 64.3 Å². The van der Waals surface area contributed by atoms with Crippen molar-refractivity contribution in [3.8, 4) is 11.3 Å². The lowest BCUT2D eigenvalue weighted by Crippen LogP contribution is -1.94. The van der Waals surface area contributed by atoms with Crippen LogP contribution in [-0.4, -0.2) is 9.97 Å². The summed E-state index contributed by atoms with van der Waals surface area (Å²) in [6.45, 7) is 4.24. The maximum absolute atomic E-state index is 5.97. The van der Waals surface area contributed by atoms with E-state index in [1.54, 1.807) is 11.3 Å². The van der Waals surface area contributed by atoms with Gasteiger partial charge in [-0.3, -0.25) is 4.98 Å². The number of aryl methyl sites for hydroxylation is 2. The molecule has 0 unspecified atom stereocenters. The number of pyridine rings is 1. The van der Waals surface area contributed by atoms with E-state index in [0.717, 1.165) is 12.1 Å². The first-order valence-electron chi connectivity index (χ1n) is 6.86. The molecule has 2 aromatic heterocycles. The largest absolute Gasteiger partial charge is 0.375 e. The SMILES string of the molecule is Cc1cccc(C)c1-c1nc(N)sc1Cc1ccncc1. The zero-order valence-corrected chi connectivity index (χ0v) is 12.9. The van der Waals surface area contributed by atoms with Crippen molar-refractivity contribution >= 4 is 16.5 Å². The highest BCUT2D eigenvalue weighted by atomic mass is 32.1. The van der Waals surface area contributed by atoms with Crippen molar-refractivity contribution in [2.45, 2.75) is 20.3 Å². The molecule has 0 fully saturated rings. The third kappa shape index (κ3) is 2.81. The zero-order chi connectivity index (χ0) is 14.8. The van der Waals surface area contributed by atoms with E-state index in [0.29, 0.717) is 5.13 Å². The number of nitrogens with two attached hydrogens (primary N) is 1. The van der Waals surface area contributed by atoms with E-state index in [9.17, 15) is 0 Å². The molecular weight excluding hydrogens is 278 g/mol. The molecule has 106 valence electrons. The molecule has 21 heavy (non-hydrogen) atoms. The first kappa shape index (κ1) is 13.8. The first-order chi connectivity index (χ1) is 10.1. The van der Waals surface area contributed by atoms with Crippen molar-refractivity contribution in [1.29, 1.82) is 0 Å². The molecule has 0 aliphatic heterocycles. The van der Waals surface area contributed by atoms with Gasteiger partial charge in [0.05, 0.1) is 5.69 Å². The number of hydrogen-bond donors (Lipinski definition) is 1. The second-order valence-corrected chi connectivity index (χ2v) is 6.24. The number of rotatable bonds is 3. The van der Waals surface area contributed by atoms with Gasteiger partial charge in [0.15, 0.2) is 5.13 Å². The molecule has 0 aliphatic rings. The van der Waals surface area contributed by atoms with Crippen molar-refractivity contribution in [1.82, 2.24) is 9.97 Å². The van der Waals surface area contributed by atoms with Gasteiger partial charge in [0.25, 0.3) is 0 Å². The zero-order valence-electron chi connectivity index (χ0n) is 12.1. The maximum Gasteiger partial charge on any atom is 0.180 e. The van der Waals surface area contributed by atoms with Crippen LogP contribution in [0.2, 0.25) is 0 Å². The van der Waals surface area contributed by atoms with Crippen LogP contribution in [-0.2, 0) is 6.42 Å². The minimum atomic E-state index is 0.622. The van der Waals surface area contributed by atoms with Gasteiger partial charge in [-0.25, -0.2) is 4.98 Å². The maximum atomic E-state index is 5.97. The summed E-state index contributed by atoms with van der Waals surface area (Å²) in [5, 5.41) is 0.622. The van der Waals surface area contributed by atoms with Crippen molar-refractivity contribution < 1.29 is 0 Å². The molecule has 0 bridgehead atoms. The van der Waals surface area contributed by atoms with E-state index in [2.05, 4.69) is 42.0 Å². The van der Waals surface area contributed by atoms with Crippen LogP contribution in [0.3, 0.4) is 0 Å². The molecule has 0 aliphatic carbocycles. The normalized spacial score (nSPS) is 10.8. The summed E-state index contributed by atoms with van der Waals surface area (Å²) in [4.78, 5) is 9.85. The quantitative estimate of drug-likeness (QED) is 0.794. The molecule has 0 saturated carbocycles. The summed E-state index contributed by atoms with van der Waals surface area (Å²) in [5.41, 5.74) is 11.9. The van der Waals surface area contributed by atoms with Gasteiger partial charge < -0.3 is 5.73 Å². The van der Waals surface area contributed by atoms with E-state index in [1.807, 2.05) is 24.5 Å². The Kier molecular flexibility index (Phi) is 3.71. The summed E-state index contributed by atoms with van der Waals surface area (Å²) in [5.74, 6) is 0. The van der Waals surface area contributed by atoms with Crippen LogP contribution < -0.4 is 5.73 Å². The van der Waals surface area contributed by atoms with Crippen LogP contribution in [0.15, 0.2) is 42.7 Å². The van der Waals surface area contributed by atoms with Gasteiger partial charge in [-0.2, -0.15) is 0 Å². The number of thiazole rings is 1. The molecule has 0 amide bonds. The summed E-state index contributed by atoms with van der Waals surface area (Å²) < 4.78 is 0. The molecule has 0 spiro atoms. The number of benzene rings is 1. The highest BCUT2D eigenvalue weighted by Crippen LogP contribution is 2.35. The second-order valence-electron chi connectivity index (χ2n) is 5.12. The highest BCUT2D eigenvalue weighted by molar-refractivity contribution is 7.15. The smallest absolute Gasteiger partial charge is 0.180 e. The van der Waals surface area contributed by atoms with Gasteiger partial charge in [0.2, 0.25) is 0 Å². The Hall–Kier alpha value is -2.20. The molecule has 3 rings (SSSR count). The Morgan fingerprint density at radius 3 is 2.38 bits per heavy atom. The molecule has 4 heteroatoms. The Balaban J connectivity index is 2.08. The fourth-order valence-corrected chi connectivity index (χ4v) is 3.43. The van der Waals surface area contributed by atoms with Gasteiger partial charge >= 0.3 is 0 Å². The fourth-order valence-electron chi connectivity index (χ4n) is 2.56. The molecule has 2 heterocycles. The summed E-state index contributed by atoms with van der Waals surface area (Å²) in [6, 6.07) is 10.4. The lowest BCUT2D eigenvalue weighted by atomic mass is 9.98. The highest BCUT2D eigenvalue weighted by Gasteiger charge is 2.15. The third-order valence-corrected chi connectivity index (χ3v) is 4.43. The molecule has 2 N–H and O–H groups in total. The van der Waals surface area contributed by atoms with Crippen LogP contribution in [0.1, 0.15) is 21.6 Å². The van der Waals surface area contributed by atoms with Gasteiger partial charge in [0, 0.05) is 29.3 Å². The van der Waals surface area contributed by atoms with Crippen molar-refractivity contribution in [2.75, 3.05) is 5.73 Å². The van der Waals surface area contributed by atoms with Gasteiger partial charge in [-0.05, 0) is 42.7 Å². The van der Waals surface area contributed by atoms with Crippen LogP contribution in [0.25, 0.3) is 11.3 Å². The predicted molar refractivity (Wildman–Crippen MR) is 88.5 cm³/mol. The summed E-state index contributed by atoms with van der Waals surface area (Å²) in [7, 11) is 0. The van der Waals surface area contributed by atoms with Crippen molar-refractivity contribution in [2.24, 2.45) is 0 Å². The Morgan fingerprint density at radius 2 is 1.71 bits per heavy atom. The van der Waals surface area contributed by atoms with Crippen LogP contribution in [0.5, 0.6) is 0 Å². The molecule has 3 aromatic rings. The van der Waals surface area contributed by atoms with Gasteiger partial charge in [-0.1, -0.05) is 18.2 Å². The van der Waals surface area contributed by atoms with Gasteiger partial charge in [0.1, 0.15) is 0 Å². The number of nitrogens with zero attached hydrogens (tertiary/aromatic N) is 2. The molecule has 0 saturated heterocycles. The topological polar surface area (TPSA) is 51.8 Å². The number of nitrogen functional groups attached to an aromatic ring is 1. The first-order valence-corrected chi connectivity index (χ1v) is 7.67. The Bertz CT molecular complexity index is 743. The average molecular weight is 295 g/mol. The van der Waals surface area contributed by atoms with Crippen LogP contribution >= 0.6 is 11.3 Å². The Morgan fingerprint density at radius 1 is 1.05 bits per heavy atom. The molecular formula is C17H17N3S. The number of hydrogen-bond acceptors (Lipinski definition) is 4. The van der Waals surface area contributed by atoms with Crippen LogP contribution in [0, 0.1) is 13.8 Å².